The van der Waals surface area contributed by atoms with E-state index >= 15 is 0 Å². The lowest BCUT2D eigenvalue weighted by atomic mass is 10.1. The van der Waals surface area contributed by atoms with Crippen molar-refractivity contribution in [3.8, 4) is 6.07 Å². The molecule has 21 heavy (non-hydrogen) atoms. The molecular weight excluding hydrogens is 276 g/mol. The van der Waals surface area contributed by atoms with Crippen molar-refractivity contribution >= 4 is 17.3 Å². The summed E-state index contributed by atoms with van der Waals surface area (Å²) < 4.78 is 26.2. The second-order valence-corrected chi connectivity index (χ2v) is 4.38. The van der Waals surface area contributed by atoms with Gasteiger partial charge in [0.15, 0.2) is 0 Å². The Hall–Kier alpha value is -2.94. The summed E-state index contributed by atoms with van der Waals surface area (Å²) in [6, 6.07) is 9.36. The van der Waals surface area contributed by atoms with Crippen LogP contribution in [0.1, 0.15) is 11.1 Å². The zero-order valence-electron chi connectivity index (χ0n) is 10.9. The zero-order chi connectivity index (χ0) is 15.4. The summed E-state index contributed by atoms with van der Waals surface area (Å²) in [5.74, 6) is -2.01. The molecule has 0 spiro atoms. The third kappa shape index (κ3) is 3.54. The minimum Gasteiger partial charge on any atom is -0.399 e. The van der Waals surface area contributed by atoms with E-state index in [4.69, 9.17) is 11.0 Å². The molecule has 0 aliphatic heterocycles. The molecule has 2 aromatic rings. The largest absolute Gasteiger partial charge is 0.399 e. The number of anilines is 2. The highest BCUT2D eigenvalue weighted by molar-refractivity contribution is 5.93. The van der Waals surface area contributed by atoms with Crippen molar-refractivity contribution in [3.05, 3.63) is 59.2 Å². The van der Waals surface area contributed by atoms with Gasteiger partial charge >= 0.3 is 0 Å². The first-order chi connectivity index (χ1) is 9.99. The number of carbonyl (C=O) groups excluding carboxylic acids is 1. The van der Waals surface area contributed by atoms with Gasteiger partial charge in [-0.15, -0.1) is 0 Å². The highest BCUT2D eigenvalue weighted by Gasteiger charge is 2.11. The van der Waals surface area contributed by atoms with E-state index in [1.807, 2.05) is 6.07 Å². The Morgan fingerprint density at radius 1 is 1.24 bits per heavy atom. The minimum absolute atomic E-state index is 0.0721. The number of halogens is 2. The SMILES string of the molecule is N#Cc1cc(N)ccc1NC(=O)Cc1ccc(F)cc1F. The molecule has 0 radical (unpaired) electrons. The maximum atomic E-state index is 13.5. The maximum absolute atomic E-state index is 13.5. The van der Waals surface area contributed by atoms with Gasteiger partial charge in [-0.3, -0.25) is 4.79 Å². The number of amides is 1. The molecule has 0 saturated heterocycles. The lowest BCUT2D eigenvalue weighted by Crippen LogP contribution is -2.16. The van der Waals surface area contributed by atoms with Gasteiger partial charge in [-0.05, 0) is 29.8 Å². The van der Waals surface area contributed by atoms with Gasteiger partial charge in [0.2, 0.25) is 5.91 Å². The van der Waals surface area contributed by atoms with E-state index in [1.165, 1.54) is 24.3 Å². The number of benzene rings is 2. The summed E-state index contributed by atoms with van der Waals surface area (Å²) in [5, 5.41) is 11.5. The van der Waals surface area contributed by atoms with Crippen LogP contribution in [-0.4, -0.2) is 5.91 Å². The van der Waals surface area contributed by atoms with Crippen LogP contribution < -0.4 is 11.1 Å². The summed E-state index contributed by atoms with van der Waals surface area (Å²) in [5.41, 5.74) is 6.51. The molecule has 1 amide bonds. The van der Waals surface area contributed by atoms with Gasteiger partial charge in [0.05, 0.1) is 17.7 Å². The predicted octanol–water partition coefficient (Wildman–Crippen LogP) is 2.60. The Kier molecular flexibility index (Phi) is 4.14. The average molecular weight is 287 g/mol. The van der Waals surface area contributed by atoms with Gasteiger partial charge in [0.25, 0.3) is 0 Å². The number of nitriles is 1. The number of carbonyl (C=O) groups is 1. The molecule has 3 N–H and O–H groups in total. The summed E-state index contributed by atoms with van der Waals surface area (Å²) in [7, 11) is 0. The maximum Gasteiger partial charge on any atom is 0.228 e. The van der Waals surface area contributed by atoms with Crippen molar-refractivity contribution in [2.24, 2.45) is 0 Å². The van der Waals surface area contributed by atoms with E-state index < -0.39 is 17.5 Å². The molecule has 2 aromatic carbocycles. The van der Waals surface area contributed by atoms with Crippen LogP contribution in [0.4, 0.5) is 20.2 Å². The van der Waals surface area contributed by atoms with Gasteiger partial charge in [-0.2, -0.15) is 5.26 Å². The van der Waals surface area contributed by atoms with E-state index in [9.17, 15) is 13.6 Å². The van der Waals surface area contributed by atoms with Crippen LogP contribution >= 0.6 is 0 Å². The molecule has 0 aliphatic rings. The molecule has 0 aromatic heterocycles. The topological polar surface area (TPSA) is 78.9 Å². The van der Waals surface area contributed by atoms with Crippen LogP contribution in [0.25, 0.3) is 0 Å². The van der Waals surface area contributed by atoms with Gasteiger partial charge in [0, 0.05) is 11.8 Å². The Balaban J connectivity index is 2.14. The molecule has 6 heteroatoms. The van der Waals surface area contributed by atoms with Gasteiger partial charge < -0.3 is 11.1 Å². The molecule has 0 saturated carbocycles. The third-order valence-electron chi connectivity index (χ3n) is 2.80. The third-order valence-corrected chi connectivity index (χ3v) is 2.80. The number of hydrogen-bond donors (Lipinski definition) is 2. The zero-order valence-corrected chi connectivity index (χ0v) is 10.9. The van der Waals surface area contributed by atoms with Crippen molar-refractivity contribution in [1.29, 1.82) is 5.26 Å². The monoisotopic (exact) mass is 287 g/mol. The van der Waals surface area contributed by atoms with Crippen LogP contribution in [0, 0.1) is 23.0 Å². The number of rotatable bonds is 3. The number of nitrogens with two attached hydrogens (primary N) is 1. The molecule has 0 bridgehead atoms. The highest BCUT2D eigenvalue weighted by atomic mass is 19.1. The molecule has 2 rings (SSSR count). The van der Waals surface area contributed by atoms with E-state index in [1.54, 1.807) is 0 Å². The Morgan fingerprint density at radius 2 is 2.00 bits per heavy atom. The first-order valence-corrected chi connectivity index (χ1v) is 6.03. The summed E-state index contributed by atoms with van der Waals surface area (Å²) in [6.45, 7) is 0. The average Bonchev–Trinajstić information content (AvgIpc) is 2.44. The molecule has 0 aliphatic carbocycles. The Morgan fingerprint density at radius 3 is 2.67 bits per heavy atom. The lowest BCUT2D eigenvalue weighted by Gasteiger charge is -2.08. The summed E-state index contributed by atoms with van der Waals surface area (Å²) in [4.78, 5) is 11.9. The summed E-state index contributed by atoms with van der Waals surface area (Å²) >= 11 is 0. The van der Waals surface area contributed by atoms with Crippen molar-refractivity contribution in [2.45, 2.75) is 6.42 Å². The minimum atomic E-state index is -0.789. The van der Waals surface area contributed by atoms with E-state index in [2.05, 4.69) is 5.32 Å². The molecule has 0 unspecified atom stereocenters. The van der Waals surface area contributed by atoms with Crippen molar-refractivity contribution in [3.63, 3.8) is 0 Å². The standard InChI is InChI=1S/C15H11F2N3O/c16-11-2-1-9(13(17)7-11)6-15(21)20-14-4-3-12(19)5-10(14)8-18/h1-5,7H,6,19H2,(H,20,21). The number of nitrogen functional groups attached to an aromatic ring is 1. The summed E-state index contributed by atoms with van der Waals surface area (Å²) in [6.07, 6.45) is -0.263. The fourth-order valence-corrected chi connectivity index (χ4v) is 1.80. The molecule has 0 heterocycles. The molecule has 106 valence electrons. The smallest absolute Gasteiger partial charge is 0.228 e. The van der Waals surface area contributed by atoms with Crippen molar-refractivity contribution in [1.82, 2.24) is 0 Å². The fraction of sp³-hybridized carbons (Fsp3) is 0.0667. The molecular formula is C15H11F2N3O. The second kappa shape index (κ2) is 6.01. The molecule has 4 nitrogen and oxygen atoms in total. The van der Waals surface area contributed by atoms with Crippen LogP contribution in [-0.2, 0) is 11.2 Å². The Labute approximate surface area is 119 Å². The first kappa shape index (κ1) is 14.5. The van der Waals surface area contributed by atoms with Crippen LogP contribution in [0.5, 0.6) is 0 Å². The van der Waals surface area contributed by atoms with E-state index in [0.717, 1.165) is 6.07 Å². The lowest BCUT2D eigenvalue weighted by molar-refractivity contribution is -0.115. The van der Waals surface area contributed by atoms with Gasteiger partial charge in [-0.25, -0.2) is 8.78 Å². The van der Waals surface area contributed by atoms with Crippen molar-refractivity contribution in [2.75, 3.05) is 11.1 Å². The van der Waals surface area contributed by atoms with E-state index in [0.29, 0.717) is 17.4 Å². The van der Waals surface area contributed by atoms with Gasteiger partial charge in [0.1, 0.15) is 17.7 Å². The van der Waals surface area contributed by atoms with Crippen LogP contribution in [0.15, 0.2) is 36.4 Å². The highest BCUT2D eigenvalue weighted by Crippen LogP contribution is 2.18. The quantitative estimate of drug-likeness (QED) is 0.852. The number of nitrogens with zero attached hydrogens (tertiary/aromatic N) is 1. The molecule has 0 atom stereocenters. The second-order valence-electron chi connectivity index (χ2n) is 4.38. The fourth-order valence-electron chi connectivity index (χ4n) is 1.80. The molecule has 0 fully saturated rings. The first-order valence-electron chi connectivity index (χ1n) is 6.03. The normalized spacial score (nSPS) is 9.95. The van der Waals surface area contributed by atoms with Crippen molar-refractivity contribution < 1.29 is 13.6 Å². The predicted molar refractivity (Wildman–Crippen MR) is 74.3 cm³/mol. The van der Waals surface area contributed by atoms with E-state index in [-0.39, 0.29) is 17.5 Å². The Bertz CT molecular complexity index is 738. The van der Waals surface area contributed by atoms with Crippen LogP contribution in [0.3, 0.4) is 0 Å². The van der Waals surface area contributed by atoms with Gasteiger partial charge in [-0.1, -0.05) is 6.07 Å². The van der Waals surface area contributed by atoms with Crippen LogP contribution in [0.2, 0.25) is 0 Å². The number of nitrogens with one attached hydrogen (secondary N) is 1. The number of hydrogen-bond acceptors (Lipinski definition) is 3.